The minimum Gasteiger partial charge on any atom is -0.302 e. The van der Waals surface area contributed by atoms with Gasteiger partial charge in [-0.1, -0.05) is 39.5 Å². The van der Waals surface area contributed by atoms with Gasteiger partial charge in [0.15, 0.2) is 0 Å². The Kier molecular flexibility index (Phi) is 6.61. The Labute approximate surface area is 113 Å². The van der Waals surface area contributed by atoms with Gasteiger partial charge in [-0.15, -0.1) is 0 Å². The summed E-state index contributed by atoms with van der Waals surface area (Å²) in [6.07, 6.45) is 10.5. The third-order valence-corrected chi connectivity index (χ3v) is 5.24. The number of hydrogen-bond donors (Lipinski definition) is 2. The van der Waals surface area contributed by atoms with Gasteiger partial charge in [-0.3, -0.25) is 11.3 Å². The number of hydrogen-bond acceptors (Lipinski definition) is 3. The summed E-state index contributed by atoms with van der Waals surface area (Å²) in [5.41, 5.74) is 3.38. The van der Waals surface area contributed by atoms with E-state index in [4.69, 9.17) is 5.84 Å². The molecular weight excluding hydrogens is 222 g/mol. The maximum absolute atomic E-state index is 5.95. The van der Waals surface area contributed by atoms with Crippen LogP contribution in [-0.4, -0.2) is 30.6 Å². The van der Waals surface area contributed by atoms with Crippen LogP contribution in [0.5, 0.6) is 0 Å². The molecule has 0 radical (unpaired) electrons. The van der Waals surface area contributed by atoms with Crippen LogP contribution in [0.2, 0.25) is 0 Å². The van der Waals surface area contributed by atoms with Crippen molar-refractivity contribution in [1.29, 1.82) is 0 Å². The fourth-order valence-electron chi connectivity index (χ4n) is 3.97. The van der Waals surface area contributed by atoms with Crippen molar-refractivity contribution in [2.24, 2.45) is 11.8 Å². The van der Waals surface area contributed by atoms with E-state index in [1.54, 1.807) is 0 Å². The molecule has 18 heavy (non-hydrogen) atoms. The van der Waals surface area contributed by atoms with Crippen molar-refractivity contribution in [2.45, 2.75) is 76.8 Å². The second-order valence-electron chi connectivity index (χ2n) is 6.10. The fraction of sp³-hybridized carbons (Fsp3) is 1.00. The molecule has 0 amide bonds. The molecule has 0 aromatic rings. The van der Waals surface area contributed by atoms with Crippen molar-refractivity contribution in [2.75, 3.05) is 14.1 Å². The zero-order valence-electron chi connectivity index (χ0n) is 12.8. The van der Waals surface area contributed by atoms with Crippen LogP contribution < -0.4 is 11.3 Å². The van der Waals surface area contributed by atoms with Crippen molar-refractivity contribution in [3.63, 3.8) is 0 Å². The lowest BCUT2D eigenvalue weighted by Crippen LogP contribution is -2.63. The maximum atomic E-state index is 5.95. The number of nitrogens with two attached hydrogens (primary N) is 1. The van der Waals surface area contributed by atoms with Gasteiger partial charge in [0.2, 0.25) is 0 Å². The summed E-state index contributed by atoms with van der Waals surface area (Å²) >= 11 is 0. The number of nitrogens with one attached hydrogen (secondary N) is 1. The Morgan fingerprint density at radius 1 is 1.11 bits per heavy atom. The average molecular weight is 255 g/mol. The highest BCUT2D eigenvalue weighted by atomic mass is 15.3. The van der Waals surface area contributed by atoms with Crippen LogP contribution in [0.3, 0.4) is 0 Å². The number of likely N-dealkylation sites (N-methyl/N-ethyl adjacent to an activating group) is 1. The van der Waals surface area contributed by atoms with Gasteiger partial charge in [0, 0.05) is 11.6 Å². The molecule has 0 spiro atoms. The van der Waals surface area contributed by atoms with E-state index in [1.165, 1.54) is 38.5 Å². The van der Waals surface area contributed by atoms with Crippen molar-refractivity contribution < 1.29 is 0 Å². The molecule has 1 atom stereocenters. The molecule has 1 unspecified atom stereocenters. The van der Waals surface area contributed by atoms with Gasteiger partial charge >= 0.3 is 0 Å². The van der Waals surface area contributed by atoms with E-state index in [2.05, 4.69) is 38.3 Å². The third kappa shape index (κ3) is 3.25. The van der Waals surface area contributed by atoms with Gasteiger partial charge in [-0.25, -0.2) is 0 Å². The van der Waals surface area contributed by atoms with Gasteiger partial charge in [0.25, 0.3) is 0 Å². The zero-order chi connectivity index (χ0) is 13.6. The van der Waals surface area contributed by atoms with E-state index in [-0.39, 0.29) is 5.54 Å². The summed E-state index contributed by atoms with van der Waals surface area (Å²) in [5, 5.41) is 0. The summed E-state index contributed by atoms with van der Waals surface area (Å²) in [5.74, 6) is 6.69. The molecule has 3 heteroatoms. The van der Waals surface area contributed by atoms with E-state index in [1.807, 2.05) is 0 Å². The first-order valence-corrected chi connectivity index (χ1v) is 7.76. The monoisotopic (exact) mass is 255 g/mol. The normalized spacial score (nSPS) is 21.0. The van der Waals surface area contributed by atoms with Crippen LogP contribution in [0, 0.1) is 5.92 Å². The molecule has 1 aliphatic rings. The van der Waals surface area contributed by atoms with Crippen LogP contribution in [0.4, 0.5) is 0 Å². The smallest absolute Gasteiger partial charge is 0.0422 e. The summed E-state index contributed by atoms with van der Waals surface area (Å²) in [6.45, 7) is 4.59. The number of nitrogens with zero attached hydrogens (tertiary/aromatic N) is 1. The molecular formula is C15H33N3. The van der Waals surface area contributed by atoms with E-state index in [0.29, 0.717) is 6.04 Å². The topological polar surface area (TPSA) is 41.3 Å². The van der Waals surface area contributed by atoms with E-state index in [9.17, 15) is 0 Å². The van der Waals surface area contributed by atoms with Crippen LogP contribution >= 0.6 is 0 Å². The highest BCUT2D eigenvalue weighted by Gasteiger charge is 2.41. The first-order valence-electron chi connectivity index (χ1n) is 7.76. The average Bonchev–Trinajstić information content (AvgIpc) is 2.64. The lowest BCUT2D eigenvalue weighted by atomic mass is 9.74. The van der Waals surface area contributed by atoms with E-state index in [0.717, 1.165) is 18.8 Å². The van der Waals surface area contributed by atoms with Crippen molar-refractivity contribution in [3.8, 4) is 0 Å². The van der Waals surface area contributed by atoms with Gasteiger partial charge < -0.3 is 4.90 Å². The molecule has 0 aliphatic heterocycles. The third-order valence-electron chi connectivity index (χ3n) is 5.24. The number of hydrazine groups is 1. The highest BCUT2D eigenvalue weighted by molar-refractivity contribution is 4.99. The molecule has 0 saturated heterocycles. The largest absolute Gasteiger partial charge is 0.302 e. The molecule has 1 saturated carbocycles. The summed E-state index contributed by atoms with van der Waals surface area (Å²) in [6, 6.07) is 0.417. The second-order valence-corrected chi connectivity index (χ2v) is 6.10. The molecule has 0 aromatic heterocycles. The Morgan fingerprint density at radius 3 is 1.94 bits per heavy atom. The Balaban J connectivity index is 2.89. The van der Waals surface area contributed by atoms with Gasteiger partial charge in [0.05, 0.1) is 0 Å². The molecule has 3 nitrogen and oxygen atoms in total. The first-order chi connectivity index (χ1) is 8.62. The number of rotatable bonds is 6. The van der Waals surface area contributed by atoms with Crippen molar-refractivity contribution in [3.05, 3.63) is 0 Å². The molecule has 3 N–H and O–H groups in total. The summed E-state index contributed by atoms with van der Waals surface area (Å²) in [7, 11) is 4.40. The predicted octanol–water partition coefficient (Wildman–Crippen LogP) is 2.91. The molecule has 0 bridgehead atoms. The van der Waals surface area contributed by atoms with Crippen molar-refractivity contribution >= 4 is 0 Å². The van der Waals surface area contributed by atoms with Crippen LogP contribution in [0.1, 0.15) is 65.2 Å². The minimum absolute atomic E-state index is 0.198. The molecule has 108 valence electrons. The predicted molar refractivity (Wildman–Crippen MR) is 79.3 cm³/mol. The quantitative estimate of drug-likeness (QED) is 0.435. The van der Waals surface area contributed by atoms with Gasteiger partial charge in [-0.2, -0.15) is 0 Å². The van der Waals surface area contributed by atoms with E-state index >= 15 is 0 Å². The zero-order valence-corrected chi connectivity index (χ0v) is 12.8. The van der Waals surface area contributed by atoms with Crippen LogP contribution in [0.15, 0.2) is 0 Å². The fourth-order valence-corrected chi connectivity index (χ4v) is 3.97. The summed E-state index contributed by atoms with van der Waals surface area (Å²) < 4.78 is 0. The SMILES string of the molecule is CCC(CC)(C(NN)C1CCCCCC1)N(C)C. The highest BCUT2D eigenvalue weighted by Crippen LogP contribution is 2.35. The van der Waals surface area contributed by atoms with Crippen LogP contribution in [-0.2, 0) is 0 Å². The molecule has 1 rings (SSSR count). The molecule has 0 aromatic carbocycles. The van der Waals surface area contributed by atoms with Crippen molar-refractivity contribution in [1.82, 2.24) is 10.3 Å². The summed E-state index contributed by atoms with van der Waals surface area (Å²) in [4.78, 5) is 2.39. The molecule has 1 fully saturated rings. The maximum Gasteiger partial charge on any atom is 0.0422 e. The lowest BCUT2D eigenvalue weighted by molar-refractivity contribution is 0.0547. The Bertz CT molecular complexity index is 216. The second kappa shape index (κ2) is 7.46. The van der Waals surface area contributed by atoms with Crippen LogP contribution in [0.25, 0.3) is 0 Å². The van der Waals surface area contributed by atoms with Gasteiger partial charge in [0.1, 0.15) is 0 Å². The van der Waals surface area contributed by atoms with E-state index < -0.39 is 0 Å². The van der Waals surface area contributed by atoms with Gasteiger partial charge in [-0.05, 0) is 45.7 Å². The molecule has 0 heterocycles. The Hall–Kier alpha value is -0.120. The minimum atomic E-state index is 0.198. The Morgan fingerprint density at radius 2 is 1.61 bits per heavy atom. The molecule has 1 aliphatic carbocycles. The lowest BCUT2D eigenvalue weighted by Gasteiger charge is -2.48. The first kappa shape index (κ1) is 15.9. The standard InChI is InChI=1S/C15H33N3/c1-5-15(6-2,18(3)4)14(17-16)13-11-9-7-8-10-12-13/h13-14,17H,5-12,16H2,1-4H3.